The number of ether oxygens (including phenoxy) is 2. The van der Waals surface area contributed by atoms with Crippen molar-refractivity contribution in [2.45, 2.75) is 30.1 Å². The van der Waals surface area contributed by atoms with Crippen molar-refractivity contribution in [1.29, 1.82) is 0 Å². The highest BCUT2D eigenvalue weighted by Gasteiger charge is 2.34. The van der Waals surface area contributed by atoms with Crippen LogP contribution in [0.1, 0.15) is 25.0 Å². The number of carbonyl (C=O) groups is 2. The Hall–Kier alpha value is -5.68. The maximum absolute atomic E-state index is 13.1. The molecule has 0 fully saturated rings. The summed E-state index contributed by atoms with van der Waals surface area (Å²) in [4.78, 5) is 25.6. The SMILES string of the molecule is CC1=NN(c2ccc(S(=O)(=O)O)cc2)C(=O)/C1=C/c1ccc(OCOc2ccc(CC3C(=O)N(c4ccc(S(=O)(=O)O)cc4)N=C3C)cc2)cc1. The highest BCUT2D eigenvalue weighted by atomic mass is 32.2. The molecule has 0 bridgehead atoms. The molecule has 0 aromatic heterocycles. The van der Waals surface area contributed by atoms with Crippen LogP contribution in [-0.2, 0) is 36.2 Å². The van der Waals surface area contributed by atoms with Crippen LogP contribution in [0, 0.1) is 5.92 Å². The molecule has 16 heteroatoms. The number of carbonyl (C=O) groups excluding carboxylic acids is 2. The van der Waals surface area contributed by atoms with Gasteiger partial charge in [0.25, 0.3) is 32.1 Å². The third kappa shape index (κ3) is 7.89. The summed E-state index contributed by atoms with van der Waals surface area (Å²) in [6, 6.07) is 24.6. The Bertz CT molecular complexity index is 2300. The van der Waals surface area contributed by atoms with E-state index in [2.05, 4.69) is 10.2 Å². The molecule has 2 aliphatic heterocycles. The van der Waals surface area contributed by atoms with Crippen LogP contribution in [0.25, 0.3) is 6.08 Å². The van der Waals surface area contributed by atoms with Crippen molar-refractivity contribution in [2.75, 3.05) is 16.8 Å². The van der Waals surface area contributed by atoms with E-state index in [1.165, 1.54) is 53.5 Å². The Morgan fingerprint density at radius 2 is 1.18 bits per heavy atom. The fourth-order valence-corrected chi connectivity index (χ4v) is 6.31. The second-order valence-electron chi connectivity index (χ2n) is 11.6. The van der Waals surface area contributed by atoms with Crippen molar-refractivity contribution in [3.63, 3.8) is 0 Å². The van der Waals surface area contributed by atoms with E-state index in [1.807, 2.05) is 12.1 Å². The van der Waals surface area contributed by atoms with E-state index in [9.17, 15) is 35.5 Å². The normalized spacial score (nSPS) is 17.2. The van der Waals surface area contributed by atoms with Crippen LogP contribution in [0.3, 0.4) is 0 Å². The van der Waals surface area contributed by atoms with Crippen molar-refractivity contribution in [3.05, 3.63) is 114 Å². The Balaban J connectivity index is 0.998. The molecule has 0 aliphatic carbocycles. The largest absolute Gasteiger partial charge is 0.458 e. The van der Waals surface area contributed by atoms with Crippen molar-refractivity contribution in [1.82, 2.24) is 0 Å². The summed E-state index contributed by atoms with van der Waals surface area (Å²) < 4.78 is 75.1. The minimum absolute atomic E-state index is 0.0758. The summed E-state index contributed by atoms with van der Waals surface area (Å²) in [6.07, 6.45) is 2.08. The molecule has 0 radical (unpaired) electrons. The minimum atomic E-state index is -4.36. The van der Waals surface area contributed by atoms with Crippen LogP contribution in [0.4, 0.5) is 11.4 Å². The van der Waals surface area contributed by atoms with Crippen LogP contribution < -0.4 is 19.5 Å². The maximum Gasteiger partial charge on any atom is 0.294 e. The summed E-state index contributed by atoms with van der Waals surface area (Å²) in [7, 11) is -8.71. The van der Waals surface area contributed by atoms with Gasteiger partial charge in [-0.25, -0.2) is 5.01 Å². The molecule has 0 saturated heterocycles. The predicted molar refractivity (Wildman–Crippen MR) is 188 cm³/mol. The van der Waals surface area contributed by atoms with Gasteiger partial charge in [-0.15, -0.1) is 0 Å². The second-order valence-corrected chi connectivity index (χ2v) is 14.4. The van der Waals surface area contributed by atoms with Gasteiger partial charge in [0.05, 0.1) is 38.4 Å². The molecule has 4 aromatic rings. The highest BCUT2D eigenvalue weighted by molar-refractivity contribution is 7.86. The van der Waals surface area contributed by atoms with Gasteiger partial charge >= 0.3 is 0 Å². The van der Waals surface area contributed by atoms with Crippen LogP contribution in [0.15, 0.2) is 123 Å². The Morgan fingerprint density at radius 3 is 1.69 bits per heavy atom. The summed E-state index contributed by atoms with van der Waals surface area (Å²) >= 11 is 0. The van der Waals surface area contributed by atoms with Crippen LogP contribution in [0.2, 0.25) is 0 Å². The van der Waals surface area contributed by atoms with Gasteiger partial charge in [0.15, 0.2) is 0 Å². The predicted octanol–water partition coefficient (Wildman–Crippen LogP) is 4.98. The second kappa shape index (κ2) is 13.9. The van der Waals surface area contributed by atoms with E-state index in [0.29, 0.717) is 46.3 Å². The number of rotatable bonds is 11. The Labute approximate surface area is 293 Å². The maximum atomic E-state index is 13.1. The zero-order valence-corrected chi connectivity index (χ0v) is 28.7. The van der Waals surface area contributed by atoms with E-state index in [-0.39, 0.29) is 22.5 Å². The number of nitrogens with zero attached hydrogens (tertiary/aromatic N) is 4. The lowest BCUT2D eigenvalue weighted by Crippen LogP contribution is -2.28. The molecule has 1 unspecified atom stereocenters. The average molecular weight is 731 g/mol. The zero-order chi connectivity index (χ0) is 36.5. The van der Waals surface area contributed by atoms with E-state index < -0.39 is 32.1 Å². The average Bonchev–Trinajstić information content (AvgIpc) is 3.54. The van der Waals surface area contributed by atoms with Crippen molar-refractivity contribution < 1.29 is 45.0 Å². The molecule has 51 heavy (non-hydrogen) atoms. The van der Waals surface area contributed by atoms with E-state index in [1.54, 1.807) is 56.3 Å². The summed E-state index contributed by atoms with van der Waals surface area (Å²) in [5.74, 6) is -0.0674. The number of amides is 2. The molecule has 4 aromatic carbocycles. The molecule has 2 N–H and O–H groups in total. The standard InChI is InChI=1S/C35H30N4O10S2/c1-22-32(34(40)38(36-22)26-7-15-30(16-8-26)50(42,43)44)19-24-3-11-28(12-4-24)48-21-49-29-13-5-25(6-14-29)20-33-23(2)37-39(35(33)41)27-9-17-31(18-10-27)51(45,46)47/h3-19,33H,20-21H2,1-2H3,(H,42,43,44)(H,45,46,47)/b32-19+. The van der Waals surface area contributed by atoms with E-state index >= 15 is 0 Å². The molecule has 1 atom stereocenters. The van der Waals surface area contributed by atoms with Gasteiger partial charge in [0, 0.05) is 5.71 Å². The van der Waals surface area contributed by atoms with Gasteiger partial charge in [-0.2, -0.15) is 32.0 Å². The Morgan fingerprint density at radius 1 is 0.686 bits per heavy atom. The van der Waals surface area contributed by atoms with Crippen LogP contribution >= 0.6 is 0 Å². The number of hydrogen-bond acceptors (Lipinski definition) is 10. The summed E-state index contributed by atoms with van der Waals surface area (Å²) in [5, 5.41) is 11.0. The lowest BCUT2D eigenvalue weighted by atomic mass is 9.95. The fourth-order valence-electron chi connectivity index (χ4n) is 5.35. The molecule has 0 saturated carbocycles. The molecule has 2 amide bonds. The summed E-state index contributed by atoms with van der Waals surface area (Å²) in [6.45, 7) is 3.37. The van der Waals surface area contributed by atoms with Crippen molar-refractivity contribution in [3.8, 4) is 11.5 Å². The van der Waals surface area contributed by atoms with Gasteiger partial charge in [-0.05, 0) is 110 Å². The highest BCUT2D eigenvalue weighted by Crippen LogP contribution is 2.29. The summed E-state index contributed by atoms with van der Waals surface area (Å²) in [5.41, 5.74) is 3.78. The number of anilines is 2. The first-order valence-corrected chi connectivity index (χ1v) is 18.2. The zero-order valence-electron chi connectivity index (χ0n) is 27.1. The van der Waals surface area contributed by atoms with Crippen molar-refractivity contribution >= 4 is 60.9 Å². The number of hydrazone groups is 2. The fraction of sp³-hybridized carbons (Fsp3) is 0.143. The number of hydrogen-bond donors (Lipinski definition) is 2. The molecule has 0 spiro atoms. The molecule has 262 valence electrons. The lowest BCUT2D eigenvalue weighted by molar-refractivity contribution is -0.119. The molecule has 2 aliphatic rings. The van der Waals surface area contributed by atoms with Crippen molar-refractivity contribution in [2.24, 2.45) is 16.1 Å². The Kier molecular flexibility index (Phi) is 9.59. The first-order valence-electron chi connectivity index (χ1n) is 15.3. The molecule has 14 nitrogen and oxygen atoms in total. The van der Waals surface area contributed by atoms with E-state index in [4.69, 9.17) is 9.47 Å². The van der Waals surface area contributed by atoms with Crippen LogP contribution in [-0.4, -0.2) is 56.0 Å². The third-order valence-electron chi connectivity index (χ3n) is 8.10. The lowest BCUT2D eigenvalue weighted by Gasteiger charge is -2.15. The van der Waals surface area contributed by atoms with Gasteiger partial charge in [0.2, 0.25) is 6.79 Å². The number of benzene rings is 4. The van der Waals surface area contributed by atoms with Gasteiger partial charge in [0.1, 0.15) is 11.5 Å². The molecule has 6 rings (SSSR count). The van der Waals surface area contributed by atoms with Gasteiger partial charge in [-0.1, -0.05) is 24.3 Å². The third-order valence-corrected chi connectivity index (χ3v) is 9.83. The quantitative estimate of drug-likeness (QED) is 0.121. The minimum Gasteiger partial charge on any atom is -0.458 e. The molecular formula is C35H30N4O10S2. The topological polar surface area (TPSA) is 193 Å². The smallest absolute Gasteiger partial charge is 0.294 e. The van der Waals surface area contributed by atoms with E-state index in [0.717, 1.165) is 16.1 Å². The first kappa shape index (κ1) is 35.2. The van der Waals surface area contributed by atoms with Crippen LogP contribution in [0.5, 0.6) is 11.5 Å². The van der Waals surface area contributed by atoms with Gasteiger partial charge in [-0.3, -0.25) is 18.7 Å². The van der Waals surface area contributed by atoms with Gasteiger partial charge < -0.3 is 9.47 Å². The first-order chi connectivity index (χ1) is 24.2. The molecular weight excluding hydrogens is 701 g/mol. The molecule has 2 heterocycles. The monoisotopic (exact) mass is 730 g/mol.